The second kappa shape index (κ2) is 5.40. The van der Waals surface area contributed by atoms with E-state index in [2.05, 4.69) is 24.8 Å². The molecule has 1 aliphatic heterocycles. The van der Waals surface area contributed by atoms with E-state index in [4.69, 9.17) is 5.73 Å². The highest BCUT2D eigenvalue weighted by Gasteiger charge is 2.17. The fourth-order valence-electron chi connectivity index (χ4n) is 2.04. The van der Waals surface area contributed by atoms with E-state index in [0.717, 1.165) is 13.1 Å². The first kappa shape index (κ1) is 10.7. The van der Waals surface area contributed by atoms with Crippen LogP contribution in [0.3, 0.4) is 0 Å². The molecule has 0 aromatic heterocycles. The molecule has 1 atom stereocenters. The Morgan fingerprint density at radius 2 is 2.38 bits per heavy atom. The molecule has 0 aromatic rings. The second-order valence-corrected chi connectivity index (χ2v) is 3.99. The minimum absolute atomic E-state index is 0.605. The van der Waals surface area contributed by atoms with Crippen LogP contribution in [0.2, 0.25) is 0 Å². The molecule has 13 heavy (non-hydrogen) atoms. The maximum absolute atomic E-state index is 5.77. The summed E-state index contributed by atoms with van der Waals surface area (Å²) in [4.78, 5) is 2.53. The van der Waals surface area contributed by atoms with Gasteiger partial charge < -0.3 is 5.73 Å². The molecule has 0 bridgehead atoms. The molecule has 1 aliphatic rings. The zero-order valence-corrected chi connectivity index (χ0v) is 8.92. The van der Waals surface area contributed by atoms with Crippen molar-refractivity contribution in [3.8, 4) is 0 Å². The van der Waals surface area contributed by atoms with Crippen molar-refractivity contribution in [3.05, 3.63) is 11.6 Å². The monoisotopic (exact) mass is 182 g/mol. The third-order valence-electron chi connectivity index (χ3n) is 2.77. The molecule has 0 fully saturated rings. The first-order chi connectivity index (χ1) is 6.27. The topological polar surface area (TPSA) is 29.3 Å². The van der Waals surface area contributed by atoms with Gasteiger partial charge in [-0.25, -0.2) is 0 Å². The molecular formula is C11H22N2. The van der Waals surface area contributed by atoms with Crippen LogP contribution in [0.15, 0.2) is 11.6 Å². The summed E-state index contributed by atoms with van der Waals surface area (Å²) in [6.07, 6.45) is 6.02. The van der Waals surface area contributed by atoms with Crippen LogP contribution in [0.4, 0.5) is 0 Å². The van der Waals surface area contributed by atoms with Crippen molar-refractivity contribution in [2.24, 2.45) is 5.73 Å². The molecule has 1 heterocycles. The van der Waals surface area contributed by atoms with E-state index in [0.29, 0.717) is 6.04 Å². The Bertz CT molecular complexity index is 175. The Morgan fingerprint density at radius 1 is 1.62 bits per heavy atom. The molecule has 0 spiro atoms. The van der Waals surface area contributed by atoms with Crippen LogP contribution >= 0.6 is 0 Å². The average molecular weight is 182 g/mol. The molecule has 0 aliphatic carbocycles. The quantitative estimate of drug-likeness (QED) is 0.671. The Morgan fingerprint density at radius 3 is 2.92 bits per heavy atom. The second-order valence-electron chi connectivity index (χ2n) is 3.99. The fourth-order valence-corrected chi connectivity index (χ4v) is 2.04. The summed E-state index contributed by atoms with van der Waals surface area (Å²) < 4.78 is 0. The van der Waals surface area contributed by atoms with Crippen molar-refractivity contribution < 1.29 is 0 Å². The van der Waals surface area contributed by atoms with Crippen LogP contribution in [-0.2, 0) is 0 Å². The third kappa shape index (κ3) is 3.12. The van der Waals surface area contributed by atoms with E-state index < -0.39 is 0 Å². The number of nitrogens with two attached hydrogens (primary N) is 1. The van der Waals surface area contributed by atoms with Gasteiger partial charge in [-0.3, -0.25) is 4.90 Å². The fraction of sp³-hybridized carbons (Fsp3) is 0.818. The predicted octanol–water partition coefficient (Wildman–Crippen LogP) is 1.77. The number of nitrogens with zero attached hydrogens (tertiary/aromatic N) is 1. The standard InChI is InChI=1S/C11H22N2/c1-3-5-11(8-12)13-7-4-6-10(2)9-13/h6,11H,3-5,7-9,12H2,1-2H3. The highest BCUT2D eigenvalue weighted by molar-refractivity contribution is 5.05. The molecule has 2 heteroatoms. The van der Waals surface area contributed by atoms with Gasteiger partial charge in [0.15, 0.2) is 0 Å². The van der Waals surface area contributed by atoms with Crippen molar-refractivity contribution in [2.45, 2.75) is 39.2 Å². The normalized spacial score (nSPS) is 21.3. The largest absolute Gasteiger partial charge is 0.329 e. The molecule has 0 amide bonds. The van der Waals surface area contributed by atoms with E-state index >= 15 is 0 Å². The third-order valence-corrected chi connectivity index (χ3v) is 2.77. The summed E-state index contributed by atoms with van der Waals surface area (Å²) in [6, 6.07) is 0.605. The van der Waals surface area contributed by atoms with E-state index in [9.17, 15) is 0 Å². The molecule has 1 rings (SSSR count). The molecule has 1 unspecified atom stereocenters. The summed E-state index contributed by atoms with van der Waals surface area (Å²) in [7, 11) is 0. The molecule has 2 nitrogen and oxygen atoms in total. The maximum atomic E-state index is 5.77. The number of hydrogen-bond donors (Lipinski definition) is 1. The van der Waals surface area contributed by atoms with Gasteiger partial charge in [0.1, 0.15) is 0 Å². The van der Waals surface area contributed by atoms with Crippen molar-refractivity contribution >= 4 is 0 Å². The lowest BCUT2D eigenvalue weighted by Gasteiger charge is -2.33. The van der Waals surface area contributed by atoms with E-state index in [1.165, 1.54) is 31.4 Å². The minimum Gasteiger partial charge on any atom is -0.329 e. The van der Waals surface area contributed by atoms with Gasteiger partial charge >= 0.3 is 0 Å². The van der Waals surface area contributed by atoms with Gasteiger partial charge in [-0.1, -0.05) is 25.0 Å². The van der Waals surface area contributed by atoms with Crippen molar-refractivity contribution in [3.63, 3.8) is 0 Å². The number of rotatable bonds is 4. The Labute approximate surface area is 81.8 Å². The van der Waals surface area contributed by atoms with Gasteiger partial charge in [0, 0.05) is 25.7 Å². The zero-order valence-electron chi connectivity index (χ0n) is 8.92. The lowest BCUT2D eigenvalue weighted by molar-refractivity contribution is 0.201. The molecule has 0 radical (unpaired) electrons. The molecule has 0 saturated carbocycles. The van der Waals surface area contributed by atoms with Crippen molar-refractivity contribution in [1.82, 2.24) is 4.90 Å². The summed E-state index contributed by atoms with van der Waals surface area (Å²) in [5, 5.41) is 0. The minimum atomic E-state index is 0.605. The Balaban J connectivity index is 2.45. The van der Waals surface area contributed by atoms with Gasteiger partial charge in [0.2, 0.25) is 0 Å². The highest BCUT2D eigenvalue weighted by atomic mass is 15.2. The maximum Gasteiger partial charge on any atom is 0.0221 e. The summed E-state index contributed by atoms with van der Waals surface area (Å²) >= 11 is 0. The van der Waals surface area contributed by atoms with Gasteiger partial charge in [-0.05, 0) is 19.8 Å². The predicted molar refractivity (Wildman–Crippen MR) is 57.7 cm³/mol. The lowest BCUT2D eigenvalue weighted by atomic mass is 10.1. The van der Waals surface area contributed by atoms with Crippen LogP contribution in [0, 0.1) is 0 Å². The SMILES string of the molecule is CCCC(CN)N1CCC=C(C)C1. The van der Waals surface area contributed by atoms with E-state index in [-0.39, 0.29) is 0 Å². The summed E-state index contributed by atoms with van der Waals surface area (Å²) in [5.74, 6) is 0. The molecule has 0 saturated heterocycles. The molecule has 2 N–H and O–H groups in total. The highest BCUT2D eigenvalue weighted by Crippen LogP contribution is 2.14. The zero-order chi connectivity index (χ0) is 9.68. The van der Waals surface area contributed by atoms with Gasteiger partial charge in [0.05, 0.1) is 0 Å². The van der Waals surface area contributed by atoms with Gasteiger partial charge in [-0.2, -0.15) is 0 Å². The molecule has 0 aromatic carbocycles. The smallest absolute Gasteiger partial charge is 0.0221 e. The van der Waals surface area contributed by atoms with E-state index in [1.54, 1.807) is 0 Å². The van der Waals surface area contributed by atoms with Gasteiger partial charge in [0.25, 0.3) is 0 Å². The van der Waals surface area contributed by atoms with Crippen molar-refractivity contribution in [1.29, 1.82) is 0 Å². The first-order valence-electron chi connectivity index (χ1n) is 5.37. The van der Waals surface area contributed by atoms with Crippen LogP contribution in [0.5, 0.6) is 0 Å². The van der Waals surface area contributed by atoms with E-state index in [1.807, 2.05) is 0 Å². The molecule has 76 valence electrons. The van der Waals surface area contributed by atoms with Gasteiger partial charge in [-0.15, -0.1) is 0 Å². The first-order valence-corrected chi connectivity index (χ1v) is 5.37. The summed E-state index contributed by atoms with van der Waals surface area (Å²) in [6.45, 7) is 7.57. The van der Waals surface area contributed by atoms with Crippen LogP contribution in [0.1, 0.15) is 33.1 Å². The van der Waals surface area contributed by atoms with Crippen molar-refractivity contribution in [2.75, 3.05) is 19.6 Å². The summed E-state index contributed by atoms with van der Waals surface area (Å²) in [5.41, 5.74) is 7.27. The average Bonchev–Trinajstić information content (AvgIpc) is 2.14. The molecular weight excluding hydrogens is 160 g/mol. The van der Waals surface area contributed by atoms with Crippen LogP contribution in [-0.4, -0.2) is 30.6 Å². The van der Waals surface area contributed by atoms with Crippen LogP contribution < -0.4 is 5.73 Å². The lowest BCUT2D eigenvalue weighted by Crippen LogP contribution is -2.43. The Hall–Kier alpha value is -0.340. The van der Waals surface area contributed by atoms with Crippen LogP contribution in [0.25, 0.3) is 0 Å². The number of hydrogen-bond acceptors (Lipinski definition) is 2. The Kier molecular flexibility index (Phi) is 4.46.